The third-order valence-corrected chi connectivity index (χ3v) is 14.9. The van der Waals surface area contributed by atoms with E-state index in [1.54, 1.807) is 11.3 Å². The lowest BCUT2D eigenvalue weighted by molar-refractivity contribution is -0.136. The van der Waals surface area contributed by atoms with Gasteiger partial charge in [-0.2, -0.15) is 0 Å². The van der Waals surface area contributed by atoms with Crippen molar-refractivity contribution in [1.29, 1.82) is 0 Å². The minimum absolute atomic E-state index is 0.125. The number of thiophene rings is 1. The molecule has 67 heavy (non-hydrogen) atoms. The van der Waals surface area contributed by atoms with Gasteiger partial charge in [-0.3, -0.25) is 9.59 Å². The molecule has 0 saturated carbocycles. The number of fused-ring (bicyclic) bond motifs is 2. The summed E-state index contributed by atoms with van der Waals surface area (Å²) in [6.45, 7) is 11.0. The van der Waals surface area contributed by atoms with Crippen molar-refractivity contribution in [2.24, 2.45) is 11.8 Å². The summed E-state index contributed by atoms with van der Waals surface area (Å²) in [5.74, 6) is 0.925. The molecule has 15 nitrogen and oxygen atoms in total. The molecule has 0 bridgehead atoms. The van der Waals surface area contributed by atoms with Crippen LogP contribution in [0, 0.1) is 11.8 Å². The number of carbonyl (C=O) groups is 4. The number of nitrogens with zero attached hydrogens (tertiary/aromatic N) is 5. The molecule has 0 spiro atoms. The van der Waals surface area contributed by atoms with E-state index in [4.69, 9.17) is 19.4 Å². The van der Waals surface area contributed by atoms with Crippen molar-refractivity contribution >= 4 is 63.1 Å². The van der Waals surface area contributed by atoms with Crippen LogP contribution in [0.4, 0.5) is 15.3 Å². The number of rotatable bonds is 12. The number of ether oxygens (including phenoxy) is 2. The lowest BCUT2D eigenvalue weighted by Crippen LogP contribution is -2.51. The lowest BCUT2D eigenvalue weighted by atomic mass is 10.0. The zero-order chi connectivity index (χ0) is 46.9. The van der Waals surface area contributed by atoms with Crippen LogP contribution in [-0.2, 0) is 19.1 Å². The maximum Gasteiger partial charge on any atom is 0.407 e. The normalized spacial score (nSPS) is 18.5. The van der Waals surface area contributed by atoms with Crippen molar-refractivity contribution in [3.05, 3.63) is 78.4 Å². The first-order chi connectivity index (χ1) is 32.4. The van der Waals surface area contributed by atoms with Gasteiger partial charge in [0, 0.05) is 47.2 Å². The summed E-state index contributed by atoms with van der Waals surface area (Å²) >= 11 is 1.73. The lowest BCUT2D eigenvalue weighted by Gasteiger charge is -2.29. The highest BCUT2D eigenvalue weighted by Gasteiger charge is 2.39. The second-order valence-electron chi connectivity index (χ2n) is 18.8. The third kappa shape index (κ3) is 9.32. The van der Waals surface area contributed by atoms with Gasteiger partial charge in [0.1, 0.15) is 23.7 Å². The number of hydrogen-bond acceptors (Lipinski definition) is 10. The molecule has 16 heteroatoms. The van der Waals surface area contributed by atoms with E-state index in [2.05, 4.69) is 80.1 Å². The van der Waals surface area contributed by atoms with Crippen LogP contribution < -0.4 is 15.5 Å². The topological polar surface area (TPSA) is 178 Å². The molecule has 6 aromatic rings. The van der Waals surface area contributed by atoms with Gasteiger partial charge in [-0.25, -0.2) is 19.6 Å². The van der Waals surface area contributed by atoms with Crippen molar-refractivity contribution in [3.8, 4) is 32.0 Å². The highest BCUT2D eigenvalue weighted by molar-refractivity contribution is 7.19. The zero-order valence-electron chi connectivity index (χ0n) is 39.2. The number of benzene rings is 3. The second kappa shape index (κ2) is 19.4. The van der Waals surface area contributed by atoms with E-state index in [1.807, 2.05) is 49.6 Å². The van der Waals surface area contributed by atoms with Gasteiger partial charge >= 0.3 is 12.2 Å². The van der Waals surface area contributed by atoms with Crippen LogP contribution in [0.15, 0.2) is 66.7 Å². The Bertz CT molecular complexity index is 2770. The van der Waals surface area contributed by atoms with Gasteiger partial charge in [-0.15, -0.1) is 11.3 Å². The number of amides is 4. The van der Waals surface area contributed by atoms with Gasteiger partial charge < -0.3 is 44.8 Å². The van der Waals surface area contributed by atoms with E-state index in [1.165, 1.54) is 39.2 Å². The molecular weight excluding hydrogens is 867 g/mol. The molecule has 3 fully saturated rings. The number of piperidine rings is 1. The smallest absolute Gasteiger partial charge is 0.407 e. The summed E-state index contributed by atoms with van der Waals surface area (Å²) in [5.41, 5.74) is 8.99. The number of aromatic nitrogens is 4. The number of anilines is 1. The molecule has 0 aliphatic carbocycles. The van der Waals surface area contributed by atoms with E-state index in [9.17, 15) is 19.2 Å². The fourth-order valence-corrected chi connectivity index (χ4v) is 11.2. The Morgan fingerprint density at radius 1 is 0.627 bits per heavy atom. The van der Waals surface area contributed by atoms with Crippen molar-refractivity contribution in [3.63, 3.8) is 0 Å². The number of likely N-dealkylation sites (tertiary alicyclic amines) is 2. The molecule has 3 aliphatic rings. The van der Waals surface area contributed by atoms with Crippen LogP contribution in [0.25, 0.3) is 54.1 Å². The van der Waals surface area contributed by atoms with Gasteiger partial charge in [0.25, 0.3) is 0 Å². The van der Waals surface area contributed by atoms with E-state index in [0.717, 1.165) is 104 Å². The number of aromatic amines is 2. The Balaban J connectivity index is 1.04. The maximum absolute atomic E-state index is 13.9. The molecule has 3 saturated heterocycles. The fraction of sp³-hybridized carbons (Fsp3) is 0.451. The van der Waals surface area contributed by atoms with E-state index in [-0.39, 0.29) is 35.7 Å². The summed E-state index contributed by atoms with van der Waals surface area (Å²) in [7, 11) is 2.60. The molecule has 4 amide bonds. The van der Waals surface area contributed by atoms with Crippen molar-refractivity contribution in [2.75, 3.05) is 45.3 Å². The first-order valence-corrected chi connectivity index (χ1v) is 24.5. The minimum Gasteiger partial charge on any atom is -0.453 e. The summed E-state index contributed by atoms with van der Waals surface area (Å²) in [6.07, 6.45) is 5.65. The van der Waals surface area contributed by atoms with Crippen LogP contribution in [-0.4, -0.2) is 106 Å². The maximum atomic E-state index is 13.9. The Hall–Kier alpha value is -6.42. The Kier molecular flexibility index (Phi) is 13.3. The number of nitrogens with one attached hydrogen (secondary N) is 4. The summed E-state index contributed by atoms with van der Waals surface area (Å²) in [6, 6.07) is 22.0. The van der Waals surface area contributed by atoms with Crippen molar-refractivity contribution in [1.82, 2.24) is 40.4 Å². The largest absolute Gasteiger partial charge is 0.453 e. The second-order valence-corrected chi connectivity index (χ2v) is 19.8. The van der Waals surface area contributed by atoms with Crippen molar-refractivity contribution < 1.29 is 28.7 Å². The highest BCUT2D eigenvalue weighted by Crippen LogP contribution is 2.45. The molecule has 4 unspecified atom stereocenters. The Morgan fingerprint density at radius 3 is 1.63 bits per heavy atom. The van der Waals surface area contributed by atoms with Gasteiger partial charge in [0.05, 0.1) is 48.4 Å². The van der Waals surface area contributed by atoms with E-state index in [0.29, 0.717) is 13.1 Å². The van der Waals surface area contributed by atoms with Crippen LogP contribution >= 0.6 is 11.3 Å². The number of alkyl carbamates (subject to hydrolysis) is 2. The molecule has 6 heterocycles. The first kappa shape index (κ1) is 45.7. The van der Waals surface area contributed by atoms with E-state index < -0.39 is 24.3 Å². The SMILES string of the molecule is COC(=O)NC(C(=O)N1CCCC1c1nc2ccc(-c3cc(-c4ccc(N5CCCCC5)cc4)c(-c4ccc5nc(C6CCCN6C(=O)C(NC(=O)OC)C(C)C)[nH]c5c4)s3)cc2[nH]1)C(C)C. The molecule has 0 radical (unpaired) electrons. The predicted molar refractivity (Wildman–Crippen MR) is 262 cm³/mol. The monoisotopic (exact) mass is 927 g/mol. The average Bonchev–Trinajstić information content (AvgIpc) is 4.20. The number of methoxy groups -OCH3 is 2. The zero-order valence-corrected chi connectivity index (χ0v) is 40.0. The first-order valence-electron chi connectivity index (χ1n) is 23.7. The van der Waals surface area contributed by atoms with Crippen LogP contribution in [0.1, 0.15) is 96.4 Å². The summed E-state index contributed by atoms with van der Waals surface area (Å²) < 4.78 is 9.67. The number of imidazole rings is 2. The standard InChI is InChI=1S/C51H61N9O6S/c1-29(2)43(56-50(63)65-5)48(61)59-24-10-12-40(59)46-52-36-20-16-32(26-38(36)54-46)42-28-35(31-14-18-34(19-15-31)58-22-8-7-9-23-58)45(67-42)33-17-21-37-39(27-33)55-47(53-37)41-13-11-25-60(41)49(62)44(30(3)4)57-51(64)66-6/h14-21,26-30,40-41,43-44H,7-13,22-25H2,1-6H3,(H,52,54)(H,53,55)(H,56,63)(H,57,64). The molecule has 3 aromatic heterocycles. The quantitative estimate of drug-likeness (QED) is 0.0931. The van der Waals surface area contributed by atoms with Crippen LogP contribution in [0.2, 0.25) is 0 Å². The molecule has 9 rings (SSSR count). The van der Waals surface area contributed by atoms with Gasteiger partial charge in [-0.1, -0.05) is 52.0 Å². The van der Waals surface area contributed by atoms with Crippen molar-refractivity contribution in [2.45, 2.75) is 96.8 Å². The van der Waals surface area contributed by atoms with E-state index >= 15 is 0 Å². The van der Waals surface area contributed by atoms with Gasteiger partial charge in [-0.05, 0) is 116 Å². The molecular formula is C51H61N9O6S. The van der Waals surface area contributed by atoms with Gasteiger partial charge in [0.15, 0.2) is 0 Å². The molecule has 352 valence electrons. The molecule has 4 N–H and O–H groups in total. The third-order valence-electron chi connectivity index (χ3n) is 13.7. The molecule has 3 aliphatic heterocycles. The number of carbonyl (C=O) groups excluding carboxylic acids is 4. The Morgan fingerprint density at radius 2 is 1.12 bits per heavy atom. The fourth-order valence-electron chi connectivity index (χ4n) is 10.0. The number of hydrogen-bond donors (Lipinski definition) is 4. The average molecular weight is 928 g/mol. The minimum atomic E-state index is -0.713. The Labute approximate surface area is 395 Å². The van der Waals surface area contributed by atoms with Crippen LogP contribution in [0.3, 0.4) is 0 Å². The number of H-pyrrole nitrogens is 2. The summed E-state index contributed by atoms with van der Waals surface area (Å²) in [4.78, 5) is 77.7. The summed E-state index contributed by atoms with van der Waals surface area (Å²) in [5, 5.41) is 5.48. The predicted octanol–water partition coefficient (Wildman–Crippen LogP) is 9.58. The molecule has 4 atom stereocenters. The van der Waals surface area contributed by atoms with Gasteiger partial charge in [0.2, 0.25) is 11.8 Å². The molecule has 3 aromatic carbocycles. The highest BCUT2D eigenvalue weighted by atomic mass is 32.1. The van der Waals surface area contributed by atoms with Crippen LogP contribution in [0.5, 0.6) is 0 Å².